The maximum absolute atomic E-state index is 10.6. The Hall–Kier alpha value is -2.62. The number of carbonyl (C=O) groups excluding carboxylic acids is 2. The fourth-order valence-corrected chi connectivity index (χ4v) is 1.93. The number of carbonyl (C=O) groups is 2. The first-order valence-corrected chi connectivity index (χ1v) is 7.19. The van der Waals surface area contributed by atoms with E-state index in [9.17, 15) is 9.59 Å². The van der Waals surface area contributed by atoms with Gasteiger partial charge in [-0.2, -0.15) is 0 Å². The maximum Gasteiger partial charge on any atom is 0.241 e. The van der Waals surface area contributed by atoms with Crippen LogP contribution in [0.15, 0.2) is 48.5 Å². The average Bonchev–Trinajstić information content (AvgIpc) is 2.56. The lowest BCUT2D eigenvalue weighted by molar-refractivity contribution is -0.00104. The molecule has 22 heavy (non-hydrogen) atoms. The van der Waals surface area contributed by atoms with Gasteiger partial charge in [0, 0.05) is 17.5 Å². The van der Waals surface area contributed by atoms with Gasteiger partial charge < -0.3 is 9.47 Å². The molecule has 0 saturated heterocycles. The molecule has 2 rings (SSSR count). The molecule has 0 unspecified atom stereocenters. The van der Waals surface area contributed by atoms with E-state index in [0.717, 1.165) is 25.4 Å². The lowest BCUT2D eigenvalue weighted by Gasteiger charge is -2.20. The van der Waals surface area contributed by atoms with Gasteiger partial charge in [0.15, 0.2) is 0 Å². The fourth-order valence-electron chi connectivity index (χ4n) is 1.93. The van der Waals surface area contributed by atoms with E-state index in [0.29, 0.717) is 22.6 Å². The number of hydrogen-bond donors (Lipinski definition) is 0. The number of benzene rings is 2. The van der Waals surface area contributed by atoms with E-state index in [1.807, 2.05) is 6.92 Å². The molecule has 0 aliphatic rings. The minimum absolute atomic E-state index is 0.422. The third kappa shape index (κ3) is 4.45. The zero-order valence-corrected chi connectivity index (χ0v) is 12.4. The number of rotatable bonds is 8. The molecule has 4 heteroatoms. The van der Waals surface area contributed by atoms with Crippen LogP contribution >= 0.6 is 0 Å². The summed E-state index contributed by atoms with van der Waals surface area (Å²) in [4.78, 5) is 21.3. The highest BCUT2D eigenvalue weighted by Crippen LogP contribution is 2.19. The first-order chi connectivity index (χ1) is 10.7. The summed E-state index contributed by atoms with van der Waals surface area (Å²) in [5.41, 5.74) is 1.20. The van der Waals surface area contributed by atoms with Crippen molar-refractivity contribution in [2.45, 2.75) is 26.1 Å². The summed E-state index contributed by atoms with van der Waals surface area (Å²) >= 11 is 0. The molecular weight excluding hydrogens is 280 g/mol. The fraction of sp³-hybridized carbons (Fsp3) is 0.222. The Morgan fingerprint density at radius 1 is 0.818 bits per heavy atom. The molecule has 0 aliphatic carbocycles. The lowest BCUT2D eigenvalue weighted by atomic mass is 10.2. The van der Waals surface area contributed by atoms with Crippen LogP contribution in [0.4, 0.5) is 0 Å². The summed E-state index contributed by atoms with van der Waals surface area (Å²) in [7, 11) is 0. The van der Waals surface area contributed by atoms with Gasteiger partial charge >= 0.3 is 0 Å². The summed E-state index contributed by atoms with van der Waals surface area (Å²) in [5.74, 6) is 1.29. The normalized spacial score (nSPS) is 10.3. The minimum Gasteiger partial charge on any atom is -0.455 e. The quantitative estimate of drug-likeness (QED) is 0.548. The highest BCUT2D eigenvalue weighted by molar-refractivity contribution is 5.75. The Morgan fingerprint density at radius 2 is 1.23 bits per heavy atom. The van der Waals surface area contributed by atoms with Crippen molar-refractivity contribution in [3.05, 3.63) is 59.7 Å². The van der Waals surface area contributed by atoms with E-state index >= 15 is 0 Å². The van der Waals surface area contributed by atoms with Gasteiger partial charge in [0.2, 0.25) is 6.29 Å². The van der Waals surface area contributed by atoms with Gasteiger partial charge in [0.1, 0.15) is 24.1 Å². The molecule has 0 aliphatic heterocycles. The van der Waals surface area contributed by atoms with Crippen molar-refractivity contribution in [1.82, 2.24) is 0 Å². The average molecular weight is 298 g/mol. The zero-order chi connectivity index (χ0) is 15.8. The van der Waals surface area contributed by atoms with Crippen LogP contribution in [-0.4, -0.2) is 18.9 Å². The Bertz CT molecular complexity index is 548. The monoisotopic (exact) mass is 298 g/mol. The third-order valence-corrected chi connectivity index (χ3v) is 3.09. The molecule has 4 nitrogen and oxygen atoms in total. The Balaban J connectivity index is 2.04. The number of hydrogen-bond acceptors (Lipinski definition) is 4. The van der Waals surface area contributed by atoms with Crippen LogP contribution in [-0.2, 0) is 0 Å². The summed E-state index contributed by atoms with van der Waals surface area (Å²) in [6, 6.07) is 13.8. The Kier molecular flexibility index (Phi) is 5.72. The van der Waals surface area contributed by atoms with E-state index in [-0.39, 0.29) is 0 Å². The Labute approximate surface area is 129 Å². The summed E-state index contributed by atoms with van der Waals surface area (Å²) in [6.45, 7) is 2.05. The molecule has 0 N–H and O–H groups in total. The van der Waals surface area contributed by atoms with E-state index < -0.39 is 6.29 Å². The van der Waals surface area contributed by atoms with Gasteiger partial charge in [-0.1, -0.05) is 6.92 Å². The van der Waals surface area contributed by atoms with Crippen molar-refractivity contribution in [2.24, 2.45) is 0 Å². The largest absolute Gasteiger partial charge is 0.455 e. The van der Waals surface area contributed by atoms with Gasteiger partial charge in [-0.25, -0.2) is 0 Å². The second-order valence-electron chi connectivity index (χ2n) is 4.83. The second-order valence-corrected chi connectivity index (χ2v) is 4.83. The molecular formula is C18H18O4. The van der Waals surface area contributed by atoms with Crippen molar-refractivity contribution in [3.8, 4) is 11.5 Å². The molecule has 114 valence electrons. The molecule has 2 aromatic rings. The number of ether oxygens (including phenoxy) is 2. The van der Waals surface area contributed by atoms with Crippen LogP contribution in [0.5, 0.6) is 11.5 Å². The van der Waals surface area contributed by atoms with Gasteiger partial charge in [0.05, 0.1) is 0 Å². The summed E-state index contributed by atoms with van der Waals surface area (Å²) < 4.78 is 11.6. The SMILES string of the molecule is CCCC(Oc1ccc(C=O)cc1)Oc1ccc(C=O)cc1. The molecule has 0 heterocycles. The highest BCUT2D eigenvalue weighted by Gasteiger charge is 2.11. The van der Waals surface area contributed by atoms with Gasteiger partial charge in [-0.3, -0.25) is 9.59 Å². The van der Waals surface area contributed by atoms with E-state index in [2.05, 4.69) is 0 Å². The van der Waals surface area contributed by atoms with Crippen LogP contribution in [0.3, 0.4) is 0 Å². The zero-order valence-electron chi connectivity index (χ0n) is 12.4. The van der Waals surface area contributed by atoms with Crippen LogP contribution in [0.1, 0.15) is 40.5 Å². The second kappa shape index (κ2) is 7.98. The number of aldehydes is 2. The van der Waals surface area contributed by atoms with Crippen molar-refractivity contribution in [3.63, 3.8) is 0 Å². The Morgan fingerprint density at radius 3 is 1.55 bits per heavy atom. The van der Waals surface area contributed by atoms with Crippen molar-refractivity contribution in [1.29, 1.82) is 0 Å². The van der Waals surface area contributed by atoms with Gasteiger partial charge in [-0.15, -0.1) is 0 Å². The van der Waals surface area contributed by atoms with E-state index in [4.69, 9.17) is 9.47 Å². The van der Waals surface area contributed by atoms with E-state index in [1.165, 1.54) is 0 Å². The molecule has 2 aromatic carbocycles. The highest BCUT2D eigenvalue weighted by atomic mass is 16.7. The van der Waals surface area contributed by atoms with Crippen molar-refractivity contribution < 1.29 is 19.1 Å². The van der Waals surface area contributed by atoms with Crippen LogP contribution in [0, 0.1) is 0 Å². The first kappa shape index (κ1) is 15.8. The molecule has 0 bridgehead atoms. The minimum atomic E-state index is -0.422. The van der Waals surface area contributed by atoms with Crippen LogP contribution in [0.2, 0.25) is 0 Å². The summed E-state index contributed by atoms with van der Waals surface area (Å²) in [5, 5.41) is 0. The molecule has 0 amide bonds. The molecule has 0 spiro atoms. The first-order valence-electron chi connectivity index (χ1n) is 7.19. The molecule has 0 fully saturated rings. The molecule has 0 saturated carbocycles. The van der Waals surface area contributed by atoms with Crippen LogP contribution < -0.4 is 9.47 Å². The maximum atomic E-state index is 10.6. The lowest BCUT2D eigenvalue weighted by Crippen LogP contribution is -2.23. The molecule has 0 atom stereocenters. The standard InChI is InChI=1S/C18H18O4/c1-2-3-18(21-16-8-4-14(12-19)5-9-16)22-17-10-6-15(13-20)7-11-17/h4-13,18H,2-3H2,1H3. The smallest absolute Gasteiger partial charge is 0.241 e. The van der Waals surface area contributed by atoms with Gasteiger partial charge in [-0.05, 0) is 55.0 Å². The molecule has 0 radical (unpaired) electrons. The van der Waals surface area contributed by atoms with Crippen molar-refractivity contribution in [2.75, 3.05) is 0 Å². The predicted octanol–water partition coefficient (Wildman–Crippen LogP) is 3.90. The van der Waals surface area contributed by atoms with Crippen LogP contribution in [0.25, 0.3) is 0 Å². The van der Waals surface area contributed by atoms with Crippen molar-refractivity contribution >= 4 is 12.6 Å². The topological polar surface area (TPSA) is 52.6 Å². The predicted molar refractivity (Wildman–Crippen MR) is 83.6 cm³/mol. The molecule has 0 aromatic heterocycles. The van der Waals surface area contributed by atoms with Gasteiger partial charge in [0.25, 0.3) is 0 Å². The van der Waals surface area contributed by atoms with E-state index in [1.54, 1.807) is 48.5 Å². The third-order valence-electron chi connectivity index (χ3n) is 3.09. The summed E-state index contributed by atoms with van der Waals surface area (Å²) in [6.07, 6.45) is 2.79.